The molecule has 1 unspecified atom stereocenters. The summed E-state index contributed by atoms with van der Waals surface area (Å²) in [7, 11) is 0. The Morgan fingerprint density at radius 3 is 2.95 bits per heavy atom. The molecule has 1 aliphatic rings. The minimum absolute atomic E-state index is 0.521. The van der Waals surface area contributed by atoms with E-state index in [0.717, 1.165) is 19.5 Å². The zero-order chi connectivity index (χ0) is 13.1. The summed E-state index contributed by atoms with van der Waals surface area (Å²) in [4.78, 5) is 0. The number of nitrogens with one attached hydrogen (secondary N) is 1. The molecular formula is C16H21N3. The number of anilines is 1. The zero-order valence-corrected chi connectivity index (χ0v) is 11.5. The van der Waals surface area contributed by atoms with Crippen LogP contribution in [0.2, 0.25) is 0 Å². The van der Waals surface area contributed by atoms with Gasteiger partial charge in [-0.3, -0.25) is 0 Å². The highest BCUT2D eigenvalue weighted by Crippen LogP contribution is 2.26. The van der Waals surface area contributed by atoms with Crippen LogP contribution in [0.3, 0.4) is 0 Å². The zero-order valence-electron chi connectivity index (χ0n) is 11.5. The molecule has 0 bridgehead atoms. The average molecular weight is 255 g/mol. The first-order chi connectivity index (χ1) is 9.36. The summed E-state index contributed by atoms with van der Waals surface area (Å²) in [6.07, 6.45) is 3.54. The van der Waals surface area contributed by atoms with E-state index < -0.39 is 0 Å². The fourth-order valence-corrected chi connectivity index (χ4v) is 2.68. The van der Waals surface area contributed by atoms with Crippen molar-refractivity contribution in [3.63, 3.8) is 0 Å². The van der Waals surface area contributed by atoms with E-state index in [1.54, 1.807) is 0 Å². The molecule has 3 nitrogen and oxygen atoms in total. The second-order valence-electron chi connectivity index (χ2n) is 5.30. The van der Waals surface area contributed by atoms with Gasteiger partial charge in [-0.1, -0.05) is 43.7 Å². The number of hydrogen-bond acceptors (Lipinski definition) is 2. The fraction of sp³-hybridized carbons (Fsp3) is 0.438. The van der Waals surface area contributed by atoms with Crippen molar-refractivity contribution in [3.8, 4) is 0 Å². The van der Waals surface area contributed by atoms with E-state index >= 15 is 0 Å². The molecule has 0 aliphatic carbocycles. The van der Waals surface area contributed by atoms with Gasteiger partial charge in [0.25, 0.3) is 0 Å². The van der Waals surface area contributed by atoms with Gasteiger partial charge in [0.2, 0.25) is 0 Å². The standard InChI is InChI=1S/C16H21N3/c1-2-3-9-15-10-16-17-11-14(12-19(16)18-15)13-7-5-4-6-8-13/h4-8,10,14,17H,2-3,9,11-12H2,1H3. The summed E-state index contributed by atoms with van der Waals surface area (Å²) >= 11 is 0. The highest BCUT2D eigenvalue weighted by molar-refractivity contribution is 5.40. The van der Waals surface area contributed by atoms with E-state index in [9.17, 15) is 0 Å². The van der Waals surface area contributed by atoms with Gasteiger partial charge < -0.3 is 5.32 Å². The fourth-order valence-electron chi connectivity index (χ4n) is 2.68. The van der Waals surface area contributed by atoms with Crippen LogP contribution < -0.4 is 5.32 Å². The highest BCUT2D eigenvalue weighted by Gasteiger charge is 2.20. The highest BCUT2D eigenvalue weighted by atomic mass is 15.3. The molecule has 1 aliphatic heterocycles. The first-order valence-corrected chi connectivity index (χ1v) is 7.22. The second-order valence-corrected chi connectivity index (χ2v) is 5.30. The third-order valence-corrected chi connectivity index (χ3v) is 3.81. The van der Waals surface area contributed by atoms with Gasteiger partial charge in [-0.15, -0.1) is 0 Å². The van der Waals surface area contributed by atoms with Gasteiger partial charge >= 0.3 is 0 Å². The third kappa shape index (κ3) is 2.65. The maximum atomic E-state index is 4.72. The predicted molar refractivity (Wildman–Crippen MR) is 78.5 cm³/mol. The maximum Gasteiger partial charge on any atom is 0.124 e. The number of fused-ring (bicyclic) bond motifs is 1. The van der Waals surface area contributed by atoms with Gasteiger partial charge in [0.15, 0.2) is 0 Å². The summed E-state index contributed by atoms with van der Waals surface area (Å²) < 4.78 is 2.13. The normalized spacial score (nSPS) is 17.8. The molecule has 0 amide bonds. The molecule has 0 spiro atoms. The lowest BCUT2D eigenvalue weighted by molar-refractivity contribution is 0.501. The van der Waals surface area contributed by atoms with Crippen molar-refractivity contribution in [1.82, 2.24) is 9.78 Å². The van der Waals surface area contributed by atoms with Crippen molar-refractivity contribution in [2.24, 2.45) is 0 Å². The number of aryl methyl sites for hydroxylation is 1. The number of unbranched alkanes of at least 4 members (excludes halogenated alkanes) is 1. The van der Waals surface area contributed by atoms with Gasteiger partial charge in [0, 0.05) is 18.5 Å². The number of hydrogen-bond donors (Lipinski definition) is 1. The van der Waals surface area contributed by atoms with E-state index in [1.165, 1.54) is 29.9 Å². The van der Waals surface area contributed by atoms with Crippen molar-refractivity contribution in [3.05, 3.63) is 47.7 Å². The molecule has 2 heterocycles. The molecular weight excluding hydrogens is 234 g/mol. The Bertz CT molecular complexity index is 530. The lowest BCUT2D eigenvalue weighted by Crippen LogP contribution is -2.26. The number of benzene rings is 1. The van der Waals surface area contributed by atoms with E-state index in [-0.39, 0.29) is 0 Å². The molecule has 0 saturated carbocycles. The van der Waals surface area contributed by atoms with Crippen LogP contribution in [0.4, 0.5) is 5.82 Å². The molecule has 0 radical (unpaired) electrons. The number of aromatic nitrogens is 2. The minimum Gasteiger partial charge on any atom is -0.370 e. The average Bonchev–Trinajstić information content (AvgIpc) is 2.87. The lowest BCUT2D eigenvalue weighted by Gasteiger charge is -2.25. The molecule has 19 heavy (non-hydrogen) atoms. The van der Waals surface area contributed by atoms with Crippen molar-refractivity contribution >= 4 is 5.82 Å². The molecule has 1 aromatic heterocycles. The van der Waals surface area contributed by atoms with Gasteiger partial charge in [-0.25, -0.2) is 4.68 Å². The first-order valence-electron chi connectivity index (χ1n) is 7.22. The van der Waals surface area contributed by atoms with Crippen molar-refractivity contribution < 1.29 is 0 Å². The van der Waals surface area contributed by atoms with Crippen LogP contribution in [0.1, 0.15) is 36.9 Å². The summed E-state index contributed by atoms with van der Waals surface area (Å²) in [6.45, 7) is 4.21. The molecule has 0 fully saturated rings. The van der Waals surface area contributed by atoms with Crippen molar-refractivity contribution in [2.75, 3.05) is 11.9 Å². The summed E-state index contributed by atoms with van der Waals surface area (Å²) in [6, 6.07) is 12.9. The Morgan fingerprint density at radius 2 is 2.16 bits per heavy atom. The molecule has 1 atom stereocenters. The smallest absolute Gasteiger partial charge is 0.124 e. The molecule has 3 heteroatoms. The van der Waals surface area contributed by atoms with E-state index in [1.807, 2.05) is 0 Å². The van der Waals surface area contributed by atoms with Crippen LogP contribution in [0.5, 0.6) is 0 Å². The van der Waals surface area contributed by atoms with Gasteiger partial charge in [0.05, 0.1) is 12.2 Å². The van der Waals surface area contributed by atoms with Crippen LogP contribution in [0, 0.1) is 0 Å². The quantitative estimate of drug-likeness (QED) is 0.907. The van der Waals surface area contributed by atoms with Gasteiger partial charge in [0.1, 0.15) is 5.82 Å². The number of nitrogens with zero attached hydrogens (tertiary/aromatic N) is 2. The first kappa shape index (κ1) is 12.3. The largest absolute Gasteiger partial charge is 0.370 e. The summed E-state index contributed by atoms with van der Waals surface area (Å²) in [5.74, 6) is 1.70. The van der Waals surface area contributed by atoms with E-state index in [0.29, 0.717) is 5.92 Å². The van der Waals surface area contributed by atoms with Crippen LogP contribution >= 0.6 is 0 Å². The van der Waals surface area contributed by atoms with E-state index in [2.05, 4.69) is 53.3 Å². The third-order valence-electron chi connectivity index (χ3n) is 3.81. The SMILES string of the molecule is CCCCc1cc2n(n1)CC(c1ccccc1)CN2. The monoisotopic (exact) mass is 255 g/mol. The van der Waals surface area contributed by atoms with Gasteiger partial charge in [-0.05, 0) is 18.4 Å². The minimum atomic E-state index is 0.521. The summed E-state index contributed by atoms with van der Waals surface area (Å²) in [5, 5.41) is 8.23. The van der Waals surface area contributed by atoms with Crippen molar-refractivity contribution in [2.45, 2.75) is 38.6 Å². The topological polar surface area (TPSA) is 29.9 Å². The second kappa shape index (κ2) is 5.47. The van der Waals surface area contributed by atoms with Crippen LogP contribution in [-0.2, 0) is 13.0 Å². The molecule has 1 aromatic carbocycles. The Labute approximate surface area is 114 Å². The number of rotatable bonds is 4. The Kier molecular flexibility index (Phi) is 3.53. The maximum absolute atomic E-state index is 4.72. The van der Waals surface area contributed by atoms with Crippen LogP contribution in [0.25, 0.3) is 0 Å². The summed E-state index contributed by atoms with van der Waals surface area (Å²) in [5.41, 5.74) is 2.62. The molecule has 0 saturated heterocycles. The molecule has 2 aromatic rings. The molecule has 3 rings (SSSR count). The Balaban J connectivity index is 1.75. The lowest BCUT2D eigenvalue weighted by atomic mass is 9.98. The van der Waals surface area contributed by atoms with E-state index in [4.69, 9.17) is 5.10 Å². The Hall–Kier alpha value is -1.77. The Morgan fingerprint density at radius 1 is 1.32 bits per heavy atom. The van der Waals surface area contributed by atoms with Gasteiger partial charge in [-0.2, -0.15) is 5.10 Å². The van der Waals surface area contributed by atoms with Crippen LogP contribution in [-0.4, -0.2) is 16.3 Å². The van der Waals surface area contributed by atoms with Crippen molar-refractivity contribution in [1.29, 1.82) is 0 Å². The molecule has 100 valence electrons. The molecule has 1 N–H and O–H groups in total. The van der Waals surface area contributed by atoms with Crippen LogP contribution in [0.15, 0.2) is 36.4 Å². The predicted octanol–water partition coefficient (Wildman–Crippen LogP) is 3.44.